The van der Waals surface area contributed by atoms with E-state index in [0.29, 0.717) is 12.5 Å². The van der Waals surface area contributed by atoms with E-state index in [0.717, 1.165) is 18.4 Å². The summed E-state index contributed by atoms with van der Waals surface area (Å²) in [5.41, 5.74) is 2.48. The van der Waals surface area contributed by atoms with Crippen LogP contribution >= 0.6 is 0 Å². The molecule has 1 rings (SSSR count). The van der Waals surface area contributed by atoms with Gasteiger partial charge in [-0.15, -0.1) is 0 Å². The van der Waals surface area contributed by atoms with Crippen molar-refractivity contribution in [2.45, 2.75) is 58.9 Å². The summed E-state index contributed by atoms with van der Waals surface area (Å²) >= 11 is 0. The number of aryl methyl sites for hydroxylation is 1. The quantitative estimate of drug-likeness (QED) is 0.730. The summed E-state index contributed by atoms with van der Waals surface area (Å²) in [7, 11) is 1.89. The van der Waals surface area contributed by atoms with Crippen molar-refractivity contribution in [3.05, 3.63) is 35.4 Å². The molecule has 0 heterocycles. The van der Waals surface area contributed by atoms with Gasteiger partial charge >= 0.3 is 0 Å². The second-order valence-corrected chi connectivity index (χ2v) is 5.36. The average molecular weight is 261 g/mol. The van der Waals surface area contributed by atoms with E-state index in [1.165, 1.54) is 18.4 Å². The monoisotopic (exact) mass is 261 g/mol. The first kappa shape index (κ1) is 15.7. The summed E-state index contributed by atoms with van der Waals surface area (Å²) in [6, 6.07) is 8.81. The molecule has 0 aliphatic rings. The molecule has 0 radical (unpaired) electrons. The molecule has 0 aliphatic carbocycles. The zero-order chi connectivity index (χ0) is 14.3. The Hall–Kier alpha value is -1.31. The smallest absolute Gasteiger partial charge is 0.226 e. The largest absolute Gasteiger partial charge is 0.343 e. The highest BCUT2D eigenvalue weighted by Crippen LogP contribution is 2.10. The molecule has 2 heteroatoms. The van der Waals surface area contributed by atoms with Gasteiger partial charge in [-0.05, 0) is 37.3 Å². The van der Waals surface area contributed by atoms with Gasteiger partial charge in [-0.2, -0.15) is 0 Å². The number of benzene rings is 1. The van der Waals surface area contributed by atoms with Crippen LogP contribution in [-0.2, 0) is 17.6 Å². The summed E-state index contributed by atoms with van der Waals surface area (Å²) in [5, 5.41) is 0. The van der Waals surface area contributed by atoms with E-state index in [1.54, 1.807) is 0 Å². The SMILES string of the molecule is CCCCc1ccc(CC(=O)N(C)C(C)CC)cc1. The van der Waals surface area contributed by atoms with Gasteiger partial charge < -0.3 is 4.90 Å². The fraction of sp³-hybridized carbons (Fsp3) is 0.588. The third-order valence-electron chi connectivity index (χ3n) is 3.84. The van der Waals surface area contributed by atoms with Crippen molar-refractivity contribution in [3.63, 3.8) is 0 Å². The van der Waals surface area contributed by atoms with E-state index in [1.807, 2.05) is 11.9 Å². The van der Waals surface area contributed by atoms with Crippen LogP contribution in [0.3, 0.4) is 0 Å². The number of rotatable bonds is 7. The number of amides is 1. The van der Waals surface area contributed by atoms with Gasteiger partial charge in [0.25, 0.3) is 0 Å². The lowest BCUT2D eigenvalue weighted by atomic mass is 10.0. The Balaban J connectivity index is 2.55. The molecule has 0 N–H and O–H groups in total. The molecular formula is C17H27NO. The topological polar surface area (TPSA) is 20.3 Å². The zero-order valence-corrected chi connectivity index (χ0v) is 12.8. The number of hydrogen-bond acceptors (Lipinski definition) is 1. The zero-order valence-electron chi connectivity index (χ0n) is 12.8. The summed E-state index contributed by atoms with van der Waals surface area (Å²) in [4.78, 5) is 13.9. The number of carbonyl (C=O) groups excluding carboxylic acids is 1. The lowest BCUT2D eigenvalue weighted by Crippen LogP contribution is -2.35. The molecule has 1 unspecified atom stereocenters. The Bertz CT molecular complexity index is 383. The van der Waals surface area contributed by atoms with Gasteiger partial charge in [0.15, 0.2) is 0 Å². The molecule has 0 bridgehead atoms. The van der Waals surface area contributed by atoms with Gasteiger partial charge in [-0.25, -0.2) is 0 Å². The van der Waals surface area contributed by atoms with E-state index in [9.17, 15) is 4.79 Å². The Morgan fingerprint density at radius 2 is 1.74 bits per heavy atom. The van der Waals surface area contributed by atoms with Crippen LogP contribution < -0.4 is 0 Å². The fourth-order valence-corrected chi connectivity index (χ4v) is 2.02. The maximum atomic E-state index is 12.1. The molecule has 0 aliphatic heterocycles. The summed E-state index contributed by atoms with van der Waals surface area (Å²) in [5.74, 6) is 0.204. The number of likely N-dealkylation sites (N-methyl/N-ethyl adjacent to an activating group) is 1. The van der Waals surface area contributed by atoms with Gasteiger partial charge in [0, 0.05) is 13.1 Å². The lowest BCUT2D eigenvalue weighted by Gasteiger charge is -2.23. The van der Waals surface area contributed by atoms with Crippen LogP contribution in [0.2, 0.25) is 0 Å². The summed E-state index contributed by atoms with van der Waals surface area (Å²) < 4.78 is 0. The van der Waals surface area contributed by atoms with E-state index in [-0.39, 0.29) is 5.91 Å². The van der Waals surface area contributed by atoms with E-state index in [4.69, 9.17) is 0 Å². The minimum atomic E-state index is 0.204. The first-order chi connectivity index (χ1) is 9.08. The van der Waals surface area contributed by atoms with Crippen molar-refractivity contribution >= 4 is 5.91 Å². The summed E-state index contributed by atoms with van der Waals surface area (Å²) in [6.07, 6.45) is 5.10. The Morgan fingerprint density at radius 1 is 1.16 bits per heavy atom. The standard InChI is InChI=1S/C17H27NO/c1-5-7-8-15-9-11-16(12-10-15)13-17(19)18(4)14(3)6-2/h9-12,14H,5-8,13H2,1-4H3. The Labute approximate surface area is 117 Å². The van der Waals surface area contributed by atoms with E-state index >= 15 is 0 Å². The van der Waals surface area contributed by atoms with Crippen LogP contribution in [0.15, 0.2) is 24.3 Å². The van der Waals surface area contributed by atoms with Crippen molar-refractivity contribution in [2.24, 2.45) is 0 Å². The van der Waals surface area contributed by atoms with Crippen LogP contribution in [0, 0.1) is 0 Å². The molecule has 0 saturated heterocycles. The maximum absolute atomic E-state index is 12.1. The molecule has 0 spiro atoms. The number of carbonyl (C=O) groups is 1. The van der Waals surface area contributed by atoms with Crippen LogP contribution in [-0.4, -0.2) is 23.9 Å². The number of hydrogen-bond donors (Lipinski definition) is 0. The van der Waals surface area contributed by atoms with Crippen molar-refractivity contribution < 1.29 is 4.79 Å². The average Bonchev–Trinajstić information content (AvgIpc) is 2.44. The van der Waals surface area contributed by atoms with Crippen molar-refractivity contribution in [3.8, 4) is 0 Å². The second-order valence-electron chi connectivity index (χ2n) is 5.36. The highest BCUT2D eigenvalue weighted by Gasteiger charge is 2.14. The van der Waals surface area contributed by atoms with E-state index in [2.05, 4.69) is 45.0 Å². The molecule has 2 nitrogen and oxygen atoms in total. The van der Waals surface area contributed by atoms with Crippen LogP contribution in [0.1, 0.15) is 51.2 Å². The molecule has 0 aromatic heterocycles. The van der Waals surface area contributed by atoms with Crippen molar-refractivity contribution in [1.82, 2.24) is 4.90 Å². The minimum Gasteiger partial charge on any atom is -0.343 e. The molecule has 1 aromatic carbocycles. The van der Waals surface area contributed by atoms with Crippen molar-refractivity contribution in [1.29, 1.82) is 0 Å². The molecule has 19 heavy (non-hydrogen) atoms. The first-order valence-corrected chi connectivity index (χ1v) is 7.41. The maximum Gasteiger partial charge on any atom is 0.226 e. The minimum absolute atomic E-state index is 0.204. The van der Waals surface area contributed by atoms with Crippen LogP contribution in [0.4, 0.5) is 0 Å². The summed E-state index contributed by atoms with van der Waals surface area (Å²) in [6.45, 7) is 6.40. The van der Waals surface area contributed by atoms with Crippen LogP contribution in [0.5, 0.6) is 0 Å². The number of nitrogens with zero attached hydrogens (tertiary/aromatic N) is 1. The molecular weight excluding hydrogens is 234 g/mol. The molecule has 1 amide bonds. The second kappa shape index (κ2) is 7.98. The highest BCUT2D eigenvalue weighted by molar-refractivity contribution is 5.78. The third kappa shape index (κ3) is 5.06. The highest BCUT2D eigenvalue weighted by atomic mass is 16.2. The molecule has 1 aromatic rings. The van der Waals surface area contributed by atoms with Gasteiger partial charge in [0.05, 0.1) is 6.42 Å². The van der Waals surface area contributed by atoms with Crippen LogP contribution in [0.25, 0.3) is 0 Å². The van der Waals surface area contributed by atoms with Gasteiger partial charge in [-0.1, -0.05) is 44.5 Å². The van der Waals surface area contributed by atoms with Gasteiger partial charge in [-0.3, -0.25) is 4.79 Å². The lowest BCUT2D eigenvalue weighted by molar-refractivity contribution is -0.130. The molecule has 0 fully saturated rings. The molecule has 1 atom stereocenters. The first-order valence-electron chi connectivity index (χ1n) is 7.41. The van der Waals surface area contributed by atoms with E-state index < -0.39 is 0 Å². The predicted octanol–water partition coefficient (Wildman–Crippen LogP) is 3.83. The fourth-order valence-electron chi connectivity index (χ4n) is 2.02. The molecule has 106 valence electrons. The predicted molar refractivity (Wildman–Crippen MR) is 81.3 cm³/mol. The van der Waals surface area contributed by atoms with Gasteiger partial charge in [0.2, 0.25) is 5.91 Å². The Kier molecular flexibility index (Phi) is 6.61. The van der Waals surface area contributed by atoms with Gasteiger partial charge in [0.1, 0.15) is 0 Å². The normalized spacial score (nSPS) is 12.2. The third-order valence-corrected chi connectivity index (χ3v) is 3.84. The van der Waals surface area contributed by atoms with Crippen molar-refractivity contribution in [2.75, 3.05) is 7.05 Å². The molecule has 0 saturated carbocycles. The number of unbranched alkanes of at least 4 members (excludes halogenated alkanes) is 1. The Morgan fingerprint density at radius 3 is 2.26 bits per heavy atom.